The Morgan fingerprint density at radius 1 is 1.25 bits per heavy atom. The molecule has 0 bridgehead atoms. The Morgan fingerprint density at radius 3 is 1.75 bits per heavy atom. The van der Waals surface area contributed by atoms with E-state index in [2.05, 4.69) is 0 Å². The molecule has 2 heteroatoms. The van der Waals surface area contributed by atoms with Crippen LogP contribution in [0.5, 0.6) is 0 Å². The molecule has 0 aromatic carbocycles. The van der Waals surface area contributed by atoms with E-state index < -0.39 is 0 Å². The van der Waals surface area contributed by atoms with Gasteiger partial charge in [0.2, 0.25) is 0 Å². The van der Waals surface area contributed by atoms with Crippen LogP contribution in [0.4, 0.5) is 0 Å². The van der Waals surface area contributed by atoms with Crippen molar-refractivity contribution < 1.29 is 5.11 Å². The van der Waals surface area contributed by atoms with Gasteiger partial charge in [-0.25, -0.2) is 0 Å². The summed E-state index contributed by atoms with van der Waals surface area (Å²) in [5.74, 6) is 0. The molecule has 0 spiro atoms. The van der Waals surface area contributed by atoms with Crippen LogP contribution in [0.3, 0.4) is 0 Å². The molecular formula is C6H13LiO. The van der Waals surface area contributed by atoms with E-state index in [9.17, 15) is 5.11 Å². The molecule has 0 amide bonds. The Bertz CT molecular complexity index is 62.9. The summed E-state index contributed by atoms with van der Waals surface area (Å²) in [6, 6.07) is 0. The van der Waals surface area contributed by atoms with Crippen molar-refractivity contribution >= 4 is 18.9 Å². The first-order valence-electron chi connectivity index (χ1n) is 2.93. The van der Waals surface area contributed by atoms with Crippen molar-refractivity contribution in [1.29, 1.82) is 0 Å². The quantitative estimate of drug-likeness (QED) is 0.452. The van der Waals surface area contributed by atoms with Gasteiger partial charge in [0.1, 0.15) is 0 Å². The minimum atomic E-state index is -0.306. The number of aliphatic hydroxyl groups is 1. The van der Waals surface area contributed by atoms with E-state index in [0.29, 0.717) is 0 Å². The summed E-state index contributed by atoms with van der Waals surface area (Å²) in [7, 11) is 0. The van der Waals surface area contributed by atoms with Crippen LogP contribution in [0.25, 0.3) is 0 Å². The molecule has 1 rings (SSSR count). The molecule has 0 unspecified atom stereocenters. The topological polar surface area (TPSA) is 20.2 Å². The second kappa shape index (κ2) is 2.92. The second-order valence-corrected chi connectivity index (χ2v) is 2.70. The van der Waals surface area contributed by atoms with Crippen molar-refractivity contribution in [3.63, 3.8) is 0 Å². The summed E-state index contributed by atoms with van der Waals surface area (Å²) in [5.41, 5.74) is -0.306. The molecule has 0 radical (unpaired) electrons. The summed E-state index contributed by atoms with van der Waals surface area (Å²) in [4.78, 5) is 0. The maximum absolute atomic E-state index is 9.19. The first-order valence-corrected chi connectivity index (χ1v) is 2.93. The van der Waals surface area contributed by atoms with E-state index in [-0.39, 0.29) is 24.5 Å². The molecule has 1 aliphatic carbocycles. The third kappa shape index (κ3) is 2.22. The first-order chi connectivity index (χ1) is 3.21. The standard InChI is InChI=1S/C6H12O.Li.H/c1-6(7)4-2-3-5-6;;/h7H,2-5H2,1H3;;. The average Bonchev–Trinajstić information content (AvgIpc) is 1.84. The van der Waals surface area contributed by atoms with Gasteiger partial charge in [0.15, 0.2) is 0 Å². The van der Waals surface area contributed by atoms with Gasteiger partial charge < -0.3 is 5.11 Å². The van der Waals surface area contributed by atoms with Gasteiger partial charge in [-0.05, 0) is 19.8 Å². The van der Waals surface area contributed by atoms with Crippen LogP contribution in [0, 0.1) is 0 Å². The molecule has 0 aliphatic heterocycles. The van der Waals surface area contributed by atoms with Crippen LogP contribution in [0.1, 0.15) is 32.6 Å². The van der Waals surface area contributed by atoms with Gasteiger partial charge in [-0.1, -0.05) is 12.8 Å². The zero-order chi connectivity index (χ0) is 5.33. The van der Waals surface area contributed by atoms with Gasteiger partial charge in [-0.15, -0.1) is 0 Å². The molecule has 8 heavy (non-hydrogen) atoms. The van der Waals surface area contributed by atoms with Crippen molar-refractivity contribution in [2.24, 2.45) is 0 Å². The molecule has 44 valence electrons. The van der Waals surface area contributed by atoms with Crippen molar-refractivity contribution in [3.05, 3.63) is 0 Å². The molecule has 1 N–H and O–H groups in total. The Morgan fingerprint density at radius 2 is 1.62 bits per heavy atom. The van der Waals surface area contributed by atoms with Crippen LogP contribution >= 0.6 is 0 Å². The van der Waals surface area contributed by atoms with E-state index in [4.69, 9.17) is 0 Å². The third-order valence-corrected chi connectivity index (χ3v) is 1.68. The van der Waals surface area contributed by atoms with E-state index >= 15 is 0 Å². The van der Waals surface area contributed by atoms with Crippen LogP contribution in [-0.4, -0.2) is 29.6 Å². The van der Waals surface area contributed by atoms with Gasteiger partial charge in [0, 0.05) is 0 Å². The molecule has 1 fully saturated rings. The van der Waals surface area contributed by atoms with Crippen molar-refractivity contribution in [2.75, 3.05) is 0 Å². The third-order valence-electron chi connectivity index (χ3n) is 1.68. The Hall–Kier alpha value is 0.557. The zero-order valence-electron chi connectivity index (χ0n) is 4.78. The normalized spacial score (nSPS) is 24.8. The van der Waals surface area contributed by atoms with E-state index in [0.717, 1.165) is 12.8 Å². The number of hydrogen-bond donors (Lipinski definition) is 1. The Kier molecular flexibility index (Phi) is 3.12. The maximum atomic E-state index is 9.19. The molecule has 1 aliphatic rings. The van der Waals surface area contributed by atoms with Crippen molar-refractivity contribution in [2.45, 2.75) is 38.2 Å². The monoisotopic (exact) mass is 108 g/mol. The Labute approximate surface area is 62.6 Å². The van der Waals surface area contributed by atoms with Crippen LogP contribution in [0.15, 0.2) is 0 Å². The molecule has 0 saturated heterocycles. The predicted molar refractivity (Wildman–Crippen MR) is 36.2 cm³/mol. The molecule has 0 aromatic rings. The summed E-state index contributed by atoms with van der Waals surface area (Å²) >= 11 is 0. The summed E-state index contributed by atoms with van der Waals surface area (Å²) in [5, 5.41) is 9.19. The summed E-state index contributed by atoms with van der Waals surface area (Å²) in [6.45, 7) is 1.92. The van der Waals surface area contributed by atoms with E-state index in [1.54, 1.807) is 0 Å². The zero-order valence-corrected chi connectivity index (χ0v) is 4.78. The molecule has 0 heterocycles. The van der Waals surface area contributed by atoms with Crippen molar-refractivity contribution in [1.82, 2.24) is 0 Å². The fraction of sp³-hybridized carbons (Fsp3) is 1.00. The minimum absolute atomic E-state index is 0. The molecule has 1 nitrogen and oxygen atoms in total. The molecule has 1 saturated carbocycles. The van der Waals surface area contributed by atoms with Gasteiger partial charge >= 0.3 is 18.9 Å². The van der Waals surface area contributed by atoms with E-state index in [1.807, 2.05) is 6.92 Å². The average molecular weight is 108 g/mol. The van der Waals surface area contributed by atoms with Gasteiger partial charge in [0.25, 0.3) is 0 Å². The fourth-order valence-electron chi connectivity index (χ4n) is 1.14. The van der Waals surface area contributed by atoms with Crippen LogP contribution in [0.2, 0.25) is 0 Å². The van der Waals surface area contributed by atoms with Crippen LogP contribution in [-0.2, 0) is 0 Å². The number of hydrogen-bond acceptors (Lipinski definition) is 1. The first kappa shape index (κ1) is 8.56. The molecule has 0 aromatic heterocycles. The fourth-order valence-corrected chi connectivity index (χ4v) is 1.14. The number of rotatable bonds is 0. The summed E-state index contributed by atoms with van der Waals surface area (Å²) < 4.78 is 0. The predicted octanol–water partition coefficient (Wildman–Crippen LogP) is 0.663. The Balaban J connectivity index is 0.000000490. The molecule has 0 atom stereocenters. The molecular weight excluding hydrogens is 95.0 g/mol. The van der Waals surface area contributed by atoms with Crippen molar-refractivity contribution in [3.8, 4) is 0 Å². The van der Waals surface area contributed by atoms with Crippen LogP contribution < -0.4 is 0 Å². The van der Waals surface area contributed by atoms with Gasteiger partial charge in [-0.2, -0.15) is 0 Å². The summed E-state index contributed by atoms with van der Waals surface area (Å²) in [6.07, 6.45) is 4.44. The SMILES string of the molecule is CC1(O)CCCC1.[LiH]. The van der Waals surface area contributed by atoms with Gasteiger partial charge in [-0.3, -0.25) is 0 Å². The van der Waals surface area contributed by atoms with E-state index in [1.165, 1.54) is 12.8 Å². The second-order valence-electron chi connectivity index (χ2n) is 2.70. The van der Waals surface area contributed by atoms with Gasteiger partial charge in [0.05, 0.1) is 5.60 Å².